The van der Waals surface area contributed by atoms with Crippen molar-refractivity contribution < 1.29 is 19.6 Å². The number of carbonyl (C=O) groups is 1. The van der Waals surface area contributed by atoms with Gasteiger partial charge in [0.2, 0.25) is 0 Å². The van der Waals surface area contributed by atoms with E-state index in [0.29, 0.717) is 26.7 Å². The Morgan fingerprint density at radius 3 is 1.71 bits per heavy atom. The summed E-state index contributed by atoms with van der Waals surface area (Å²) in [5.74, 6) is 3.74. The van der Waals surface area contributed by atoms with Crippen LogP contribution in [-0.4, -0.2) is 30.0 Å². The van der Waals surface area contributed by atoms with Gasteiger partial charge in [-0.25, -0.2) is 10.7 Å². The Bertz CT molecular complexity index is 922. The van der Waals surface area contributed by atoms with Gasteiger partial charge in [-0.15, -0.1) is 0 Å². The Hall–Kier alpha value is -2.06. The van der Waals surface area contributed by atoms with Crippen molar-refractivity contribution >= 4 is 70.2 Å². The first-order valence-electron chi connectivity index (χ1n) is 8.68. The molecule has 2 aromatic carbocycles. The molecule has 6 nitrogen and oxygen atoms in total. The number of hydrogen-bond acceptors (Lipinski definition) is 5. The number of carboxylic acids is 1. The van der Waals surface area contributed by atoms with Gasteiger partial charge in [0, 0.05) is 20.1 Å². The molecule has 0 saturated heterocycles. The van der Waals surface area contributed by atoms with E-state index in [2.05, 4.69) is 9.99 Å². The van der Waals surface area contributed by atoms with Crippen LogP contribution in [0.15, 0.2) is 53.7 Å². The number of nitrogens with zero attached hydrogens (tertiary/aromatic N) is 1. The summed E-state index contributed by atoms with van der Waals surface area (Å²) in [4.78, 5) is 19.6. The van der Waals surface area contributed by atoms with E-state index in [1.54, 1.807) is 54.6 Å². The number of aliphatic carboxylic acids is 1. The van der Waals surface area contributed by atoms with E-state index in [-0.39, 0.29) is 12.3 Å². The number of carboxylic acid groups (broad SMARTS) is 1. The van der Waals surface area contributed by atoms with Crippen molar-refractivity contribution in [1.29, 1.82) is 0 Å². The maximum atomic E-state index is 10.4. The van der Waals surface area contributed by atoms with Crippen LogP contribution in [-0.2, 0) is 14.5 Å². The van der Waals surface area contributed by atoms with Crippen molar-refractivity contribution in [2.45, 2.75) is 6.92 Å². The first-order chi connectivity index (χ1) is 14.7. The maximum Gasteiger partial charge on any atom is 0.353 e. The Balaban J connectivity index is 0.000000327. The quantitative estimate of drug-likeness (QED) is 0.246. The third kappa shape index (κ3) is 12.4. The molecular weight excluding hydrogens is 486 g/mol. The van der Waals surface area contributed by atoms with Crippen LogP contribution in [0.3, 0.4) is 0 Å². The lowest BCUT2D eigenvalue weighted by atomic mass is 10.2. The molecule has 0 unspecified atom stereocenters. The summed E-state index contributed by atoms with van der Waals surface area (Å²) in [5.41, 5.74) is 1.65. The smallest absolute Gasteiger partial charge is 0.353 e. The second kappa shape index (κ2) is 14.9. The van der Waals surface area contributed by atoms with E-state index < -0.39 is 5.97 Å². The van der Waals surface area contributed by atoms with Crippen molar-refractivity contribution in [1.82, 2.24) is 0 Å². The van der Waals surface area contributed by atoms with Crippen LogP contribution in [0.1, 0.15) is 18.1 Å². The number of benzene rings is 2. The van der Waals surface area contributed by atoms with Crippen LogP contribution in [0.2, 0.25) is 20.1 Å². The SMILES string of the molecule is C/C(=N/OC/C=C/c1cc(Cl)cc(Cl)c1)C(=O)O.NOC/C=C/c1cc(Cl)cc(Cl)c1. The van der Waals surface area contributed by atoms with E-state index in [1.165, 1.54) is 6.92 Å². The molecule has 166 valence electrons. The minimum Gasteiger partial charge on any atom is -0.477 e. The van der Waals surface area contributed by atoms with Gasteiger partial charge in [-0.3, -0.25) is 0 Å². The predicted molar refractivity (Wildman–Crippen MR) is 128 cm³/mol. The third-order valence-corrected chi connectivity index (χ3v) is 4.14. The second-order valence-electron chi connectivity index (χ2n) is 5.82. The fraction of sp³-hybridized carbons (Fsp3) is 0.143. The van der Waals surface area contributed by atoms with Gasteiger partial charge < -0.3 is 14.8 Å². The molecule has 10 heteroatoms. The fourth-order valence-corrected chi connectivity index (χ4v) is 3.07. The zero-order valence-corrected chi connectivity index (χ0v) is 19.4. The van der Waals surface area contributed by atoms with E-state index >= 15 is 0 Å². The number of halogens is 4. The molecule has 2 rings (SSSR count). The van der Waals surface area contributed by atoms with Crippen LogP contribution in [0, 0.1) is 0 Å². The van der Waals surface area contributed by atoms with E-state index in [4.69, 9.17) is 62.2 Å². The zero-order valence-electron chi connectivity index (χ0n) is 16.4. The van der Waals surface area contributed by atoms with Crippen LogP contribution >= 0.6 is 46.4 Å². The van der Waals surface area contributed by atoms with Crippen molar-refractivity contribution in [2.75, 3.05) is 13.2 Å². The molecule has 2 aromatic rings. The van der Waals surface area contributed by atoms with Crippen LogP contribution in [0.25, 0.3) is 12.2 Å². The molecule has 31 heavy (non-hydrogen) atoms. The van der Waals surface area contributed by atoms with Crippen LogP contribution in [0.5, 0.6) is 0 Å². The Labute approximate surface area is 200 Å². The topological polar surface area (TPSA) is 94.1 Å². The average molecular weight is 506 g/mol. The largest absolute Gasteiger partial charge is 0.477 e. The number of hydrogen-bond donors (Lipinski definition) is 2. The lowest BCUT2D eigenvalue weighted by Crippen LogP contribution is -2.08. The van der Waals surface area contributed by atoms with Gasteiger partial charge >= 0.3 is 5.97 Å². The molecule has 0 spiro atoms. The normalized spacial score (nSPS) is 11.5. The molecule has 0 aliphatic carbocycles. The van der Waals surface area contributed by atoms with Gasteiger partial charge in [0.15, 0.2) is 5.71 Å². The first kappa shape index (κ1) is 27.0. The highest BCUT2D eigenvalue weighted by Crippen LogP contribution is 2.20. The molecule has 0 amide bonds. The molecule has 0 bridgehead atoms. The van der Waals surface area contributed by atoms with E-state index in [9.17, 15) is 4.79 Å². The van der Waals surface area contributed by atoms with Gasteiger partial charge in [0.1, 0.15) is 6.61 Å². The summed E-state index contributed by atoms with van der Waals surface area (Å²) in [5, 5.41) is 14.2. The van der Waals surface area contributed by atoms with Gasteiger partial charge in [-0.05, 0) is 60.5 Å². The molecule has 0 radical (unpaired) electrons. The first-order valence-corrected chi connectivity index (χ1v) is 10.2. The number of oxime groups is 1. The summed E-state index contributed by atoms with van der Waals surface area (Å²) in [6.45, 7) is 1.88. The summed E-state index contributed by atoms with van der Waals surface area (Å²) >= 11 is 23.2. The van der Waals surface area contributed by atoms with Gasteiger partial charge in [-0.2, -0.15) is 0 Å². The van der Waals surface area contributed by atoms with Crippen molar-refractivity contribution in [3.05, 3.63) is 79.8 Å². The monoisotopic (exact) mass is 504 g/mol. The highest BCUT2D eigenvalue weighted by Gasteiger charge is 2.00. The van der Waals surface area contributed by atoms with Crippen molar-refractivity contribution in [2.24, 2.45) is 11.1 Å². The fourth-order valence-electron chi connectivity index (χ4n) is 1.98. The molecule has 0 aliphatic rings. The van der Waals surface area contributed by atoms with Crippen molar-refractivity contribution in [3.63, 3.8) is 0 Å². The van der Waals surface area contributed by atoms with Gasteiger partial charge in [-0.1, -0.05) is 69.8 Å². The zero-order chi connectivity index (χ0) is 23.2. The summed E-state index contributed by atoms with van der Waals surface area (Å²) < 4.78 is 0. The summed E-state index contributed by atoms with van der Waals surface area (Å²) in [7, 11) is 0. The minimum atomic E-state index is -1.11. The minimum absolute atomic E-state index is 0.103. The third-order valence-electron chi connectivity index (χ3n) is 3.26. The lowest BCUT2D eigenvalue weighted by Gasteiger charge is -1.97. The molecule has 0 heterocycles. The Kier molecular flexibility index (Phi) is 12.9. The van der Waals surface area contributed by atoms with Crippen LogP contribution in [0.4, 0.5) is 0 Å². The Morgan fingerprint density at radius 2 is 1.32 bits per heavy atom. The molecular formula is C21H20Cl4N2O4. The highest BCUT2D eigenvalue weighted by atomic mass is 35.5. The van der Waals surface area contributed by atoms with Gasteiger partial charge in [0.25, 0.3) is 0 Å². The molecule has 0 atom stereocenters. The van der Waals surface area contributed by atoms with Gasteiger partial charge in [0.05, 0.1) is 6.61 Å². The number of nitrogens with two attached hydrogens (primary N) is 1. The van der Waals surface area contributed by atoms with Crippen molar-refractivity contribution in [3.8, 4) is 0 Å². The molecule has 0 fully saturated rings. The van der Waals surface area contributed by atoms with E-state index in [1.807, 2.05) is 6.08 Å². The number of rotatable bonds is 8. The molecule has 0 aromatic heterocycles. The highest BCUT2D eigenvalue weighted by molar-refractivity contribution is 6.35. The van der Waals surface area contributed by atoms with Crippen LogP contribution < -0.4 is 5.90 Å². The standard InChI is InChI=1S/C12H11Cl2NO3.C9H9Cl2NO/c1-8(12(16)17)15-18-4-2-3-9-5-10(13)7-11(14)6-9;10-8-4-7(2-1-3-13-12)5-9(11)6-8/h2-3,5-7H,4H2,1H3,(H,16,17);1-2,4-6H,3,12H2/b3-2+,15-8-;2-1+. The molecule has 3 N–H and O–H groups in total. The summed E-state index contributed by atoms with van der Waals surface area (Å²) in [6, 6.07) is 10.4. The summed E-state index contributed by atoms with van der Waals surface area (Å²) in [6.07, 6.45) is 7.05. The molecule has 0 saturated carbocycles. The Morgan fingerprint density at radius 1 is 0.903 bits per heavy atom. The average Bonchev–Trinajstić information content (AvgIpc) is 2.66. The lowest BCUT2D eigenvalue weighted by molar-refractivity contribution is -0.129. The molecule has 0 aliphatic heterocycles. The predicted octanol–water partition coefficient (Wildman–Crippen LogP) is 6.38. The second-order valence-corrected chi connectivity index (χ2v) is 7.57. The van der Waals surface area contributed by atoms with E-state index in [0.717, 1.165) is 11.1 Å². The maximum absolute atomic E-state index is 10.4.